The monoisotopic (exact) mass is 369 g/mol. The molecule has 1 aliphatic heterocycles. The van der Waals surface area contributed by atoms with Crippen LogP contribution in [0.3, 0.4) is 0 Å². The predicted molar refractivity (Wildman–Crippen MR) is 88.6 cm³/mol. The highest BCUT2D eigenvalue weighted by Gasteiger charge is 2.34. The van der Waals surface area contributed by atoms with Gasteiger partial charge >= 0.3 is 6.18 Å². The Kier molecular flexibility index (Phi) is 3.76. The van der Waals surface area contributed by atoms with Crippen LogP contribution in [0.25, 0.3) is 16.2 Å². The number of hydrogen-bond donors (Lipinski definition) is 2. The Labute approximate surface area is 144 Å². The second-order valence-corrected chi connectivity index (χ2v) is 6.56. The van der Waals surface area contributed by atoms with Gasteiger partial charge in [-0.3, -0.25) is 0 Å². The molecule has 0 amide bonds. The maximum Gasteiger partial charge on any atom is 0.419 e. The van der Waals surface area contributed by atoms with Crippen molar-refractivity contribution in [3.8, 4) is 11.3 Å². The first-order valence-corrected chi connectivity index (χ1v) is 8.38. The Morgan fingerprint density at radius 1 is 1.24 bits per heavy atom. The molecular formula is C14H14F3N7S. The Morgan fingerprint density at radius 2 is 2.00 bits per heavy atom. The number of nitrogen functional groups attached to an aromatic ring is 1. The van der Waals surface area contributed by atoms with Crippen molar-refractivity contribution in [2.24, 2.45) is 0 Å². The summed E-state index contributed by atoms with van der Waals surface area (Å²) in [5, 5.41) is 8.59. The maximum absolute atomic E-state index is 13.0. The number of fused-ring (bicyclic) bond motifs is 1. The van der Waals surface area contributed by atoms with Gasteiger partial charge in [0.1, 0.15) is 5.82 Å². The highest BCUT2D eigenvalue weighted by Crippen LogP contribution is 2.35. The summed E-state index contributed by atoms with van der Waals surface area (Å²) in [6.45, 7) is 3.51. The summed E-state index contributed by atoms with van der Waals surface area (Å²) in [5.41, 5.74) is 5.00. The molecular weight excluding hydrogens is 355 g/mol. The van der Waals surface area contributed by atoms with Crippen LogP contribution < -0.4 is 16.0 Å². The zero-order chi connectivity index (χ0) is 17.6. The van der Waals surface area contributed by atoms with Crippen molar-refractivity contribution in [3.05, 3.63) is 24.0 Å². The Morgan fingerprint density at radius 3 is 2.68 bits per heavy atom. The van der Waals surface area contributed by atoms with Gasteiger partial charge in [0.05, 0.1) is 17.5 Å². The van der Waals surface area contributed by atoms with Crippen molar-refractivity contribution < 1.29 is 13.2 Å². The summed E-state index contributed by atoms with van der Waals surface area (Å²) >= 11 is 1.40. The van der Waals surface area contributed by atoms with Gasteiger partial charge in [-0.25, -0.2) is 14.5 Å². The summed E-state index contributed by atoms with van der Waals surface area (Å²) in [7, 11) is 0. The van der Waals surface area contributed by atoms with Crippen LogP contribution in [-0.2, 0) is 6.18 Å². The van der Waals surface area contributed by atoms with Gasteiger partial charge in [-0.2, -0.15) is 13.2 Å². The van der Waals surface area contributed by atoms with E-state index in [4.69, 9.17) is 5.73 Å². The fourth-order valence-electron chi connectivity index (χ4n) is 2.66. The molecule has 0 unspecified atom stereocenters. The average Bonchev–Trinajstić information content (AvgIpc) is 3.14. The highest BCUT2D eigenvalue weighted by atomic mass is 32.1. The van der Waals surface area contributed by atoms with Gasteiger partial charge in [0, 0.05) is 37.9 Å². The molecule has 3 aromatic rings. The number of nitrogens with one attached hydrogen (secondary N) is 1. The number of nitrogens with zero attached hydrogens (tertiary/aromatic N) is 5. The lowest BCUT2D eigenvalue weighted by atomic mass is 10.1. The van der Waals surface area contributed by atoms with Gasteiger partial charge in [-0.15, -0.1) is 5.10 Å². The number of pyridine rings is 1. The summed E-state index contributed by atoms with van der Waals surface area (Å²) in [4.78, 5) is 10.8. The normalized spacial score (nSPS) is 15.9. The van der Waals surface area contributed by atoms with Crippen LogP contribution in [0.5, 0.6) is 0 Å². The number of hydrogen-bond acceptors (Lipinski definition) is 7. The molecule has 7 nitrogen and oxygen atoms in total. The van der Waals surface area contributed by atoms with Gasteiger partial charge in [-0.1, -0.05) is 11.3 Å². The molecule has 0 radical (unpaired) electrons. The summed E-state index contributed by atoms with van der Waals surface area (Å²) in [5.74, 6) is -0.545. The van der Waals surface area contributed by atoms with Crippen LogP contribution in [-0.4, -0.2) is 45.8 Å². The molecule has 3 N–H and O–H groups in total. The lowest BCUT2D eigenvalue weighted by Crippen LogP contribution is -2.43. The van der Waals surface area contributed by atoms with Gasteiger partial charge < -0.3 is 16.0 Å². The molecule has 0 aromatic carbocycles. The Bertz CT molecular complexity index is 879. The maximum atomic E-state index is 13.0. The molecule has 0 bridgehead atoms. The largest absolute Gasteiger partial charge is 0.419 e. The van der Waals surface area contributed by atoms with E-state index in [1.54, 1.807) is 10.7 Å². The molecule has 4 heterocycles. The molecule has 132 valence electrons. The minimum Gasteiger partial charge on any atom is -0.383 e. The number of halogens is 3. The first-order chi connectivity index (χ1) is 11.9. The fourth-order valence-corrected chi connectivity index (χ4v) is 3.59. The van der Waals surface area contributed by atoms with E-state index in [1.807, 2.05) is 0 Å². The van der Waals surface area contributed by atoms with Crippen molar-refractivity contribution in [1.82, 2.24) is 24.9 Å². The fraction of sp³-hybridized carbons (Fsp3) is 0.357. The van der Waals surface area contributed by atoms with E-state index in [0.717, 1.165) is 37.4 Å². The van der Waals surface area contributed by atoms with E-state index < -0.39 is 17.6 Å². The van der Waals surface area contributed by atoms with E-state index in [1.165, 1.54) is 17.5 Å². The van der Waals surface area contributed by atoms with Crippen LogP contribution in [0.2, 0.25) is 0 Å². The quantitative estimate of drug-likeness (QED) is 0.717. The number of nitrogens with two attached hydrogens (primary N) is 1. The van der Waals surface area contributed by atoms with Gasteiger partial charge in [-0.05, 0) is 6.07 Å². The highest BCUT2D eigenvalue weighted by molar-refractivity contribution is 7.20. The van der Waals surface area contributed by atoms with Gasteiger partial charge in [0.2, 0.25) is 10.1 Å². The standard InChI is InChI=1S/C14H14F3N7S/c15-14(16,17)9-5-8(6-20-11(9)18)10-7-24-12(21-10)25-13(22-24)23-3-1-19-2-4-23/h5-7,19H,1-4H2,(H2,18,20). The number of imidazole rings is 1. The molecule has 1 saturated heterocycles. The zero-order valence-corrected chi connectivity index (χ0v) is 13.7. The Hall–Kier alpha value is -2.40. The van der Waals surface area contributed by atoms with Crippen LogP contribution in [0.15, 0.2) is 18.5 Å². The zero-order valence-electron chi connectivity index (χ0n) is 12.9. The second-order valence-electron chi connectivity index (χ2n) is 5.63. The SMILES string of the molecule is Nc1ncc(-c2cn3nc(N4CCNCC4)sc3n2)cc1C(F)(F)F. The molecule has 0 aliphatic carbocycles. The van der Waals surface area contributed by atoms with Crippen LogP contribution >= 0.6 is 11.3 Å². The van der Waals surface area contributed by atoms with E-state index >= 15 is 0 Å². The molecule has 1 aliphatic rings. The van der Waals surface area contributed by atoms with Crippen molar-refractivity contribution in [2.75, 3.05) is 36.8 Å². The first-order valence-electron chi connectivity index (χ1n) is 7.57. The number of anilines is 2. The predicted octanol–water partition coefficient (Wildman–Crippen LogP) is 1.86. The number of alkyl halides is 3. The molecule has 0 spiro atoms. The van der Waals surface area contributed by atoms with Crippen LogP contribution in [0, 0.1) is 0 Å². The van der Waals surface area contributed by atoms with Gasteiger partial charge in [0.25, 0.3) is 0 Å². The summed E-state index contributed by atoms with van der Waals surface area (Å²) < 4.78 is 40.5. The molecule has 3 aromatic heterocycles. The molecule has 25 heavy (non-hydrogen) atoms. The molecule has 4 rings (SSSR count). The molecule has 0 saturated carbocycles. The third-order valence-electron chi connectivity index (χ3n) is 3.94. The summed E-state index contributed by atoms with van der Waals surface area (Å²) in [6, 6.07) is 0.964. The van der Waals surface area contributed by atoms with Crippen LogP contribution in [0.4, 0.5) is 24.1 Å². The van der Waals surface area contributed by atoms with Crippen LogP contribution in [0.1, 0.15) is 5.56 Å². The Balaban J connectivity index is 1.67. The smallest absolute Gasteiger partial charge is 0.383 e. The number of rotatable bonds is 2. The average molecular weight is 369 g/mol. The minimum atomic E-state index is -4.56. The third-order valence-corrected chi connectivity index (χ3v) is 4.92. The minimum absolute atomic E-state index is 0.253. The van der Waals surface area contributed by atoms with Gasteiger partial charge in [0.15, 0.2) is 0 Å². The molecule has 11 heteroatoms. The molecule has 0 atom stereocenters. The van der Waals surface area contributed by atoms with E-state index in [-0.39, 0.29) is 5.56 Å². The summed E-state index contributed by atoms with van der Waals surface area (Å²) in [6.07, 6.45) is -1.67. The first kappa shape index (κ1) is 16.1. The van der Waals surface area contributed by atoms with E-state index in [9.17, 15) is 13.2 Å². The topological polar surface area (TPSA) is 84.4 Å². The number of aromatic nitrogens is 4. The van der Waals surface area contributed by atoms with Crippen molar-refractivity contribution >= 4 is 27.2 Å². The van der Waals surface area contributed by atoms with Crippen molar-refractivity contribution in [3.63, 3.8) is 0 Å². The van der Waals surface area contributed by atoms with Crippen molar-refractivity contribution in [2.45, 2.75) is 6.18 Å². The lowest BCUT2D eigenvalue weighted by Gasteiger charge is -2.26. The third kappa shape index (κ3) is 3.00. The van der Waals surface area contributed by atoms with E-state index in [0.29, 0.717) is 10.7 Å². The second kappa shape index (κ2) is 5.85. The molecule has 1 fully saturated rings. The van der Waals surface area contributed by atoms with E-state index in [2.05, 4.69) is 25.3 Å². The van der Waals surface area contributed by atoms with Crippen molar-refractivity contribution in [1.29, 1.82) is 0 Å². The number of piperazine rings is 1. The lowest BCUT2D eigenvalue weighted by molar-refractivity contribution is -0.137.